The van der Waals surface area contributed by atoms with Gasteiger partial charge in [0.25, 0.3) is 0 Å². The molecule has 3 aromatic rings. The molecule has 1 aliphatic heterocycles. The largest absolute Gasteiger partial charge is 0.379 e. The van der Waals surface area contributed by atoms with Crippen LogP contribution in [0, 0.1) is 0 Å². The van der Waals surface area contributed by atoms with E-state index in [4.69, 9.17) is 9.72 Å². The first-order chi connectivity index (χ1) is 15.2. The lowest BCUT2D eigenvalue weighted by Gasteiger charge is -2.23. The standard InChI is InChI=1S/C20H24N4.C6H12O/c1-3-5-14-8-10-15(11-9-14)17-18-19(21-2)22-12-13-24(18)20(23-17)16-6-4-7-16;1-6-4-2-3-5-7-6/h8-13,16H,3-7H2,1-2H3,(H,21,22);6H,2-5H2,1H3. The van der Waals surface area contributed by atoms with Crippen molar-refractivity contribution in [2.45, 2.75) is 77.2 Å². The first kappa shape index (κ1) is 21.8. The molecule has 5 rings (SSSR count). The summed E-state index contributed by atoms with van der Waals surface area (Å²) in [5, 5.41) is 3.23. The number of aromatic nitrogens is 3. The van der Waals surface area contributed by atoms with Gasteiger partial charge in [0, 0.05) is 37.5 Å². The quantitative estimate of drug-likeness (QED) is 0.531. The molecule has 1 saturated heterocycles. The Morgan fingerprint density at radius 3 is 2.45 bits per heavy atom. The number of anilines is 1. The molecule has 0 radical (unpaired) electrons. The number of imidazole rings is 1. The van der Waals surface area contributed by atoms with Crippen molar-refractivity contribution in [2.24, 2.45) is 0 Å². The van der Waals surface area contributed by atoms with Crippen LogP contribution in [0.15, 0.2) is 36.7 Å². The normalized spacial score (nSPS) is 18.9. The Balaban J connectivity index is 0.000000282. The van der Waals surface area contributed by atoms with E-state index < -0.39 is 0 Å². The third kappa shape index (κ3) is 4.93. The van der Waals surface area contributed by atoms with E-state index in [1.807, 2.05) is 19.4 Å². The van der Waals surface area contributed by atoms with E-state index in [0.717, 1.165) is 30.1 Å². The molecule has 166 valence electrons. The van der Waals surface area contributed by atoms with E-state index in [9.17, 15) is 0 Å². The molecule has 3 heterocycles. The SMILES string of the molecule is CC1CCCCO1.CCCc1ccc(-c2nc(C3CCC3)n3ccnc(NC)c23)cc1. The van der Waals surface area contributed by atoms with Gasteiger partial charge in [-0.25, -0.2) is 9.97 Å². The minimum Gasteiger partial charge on any atom is -0.379 e. The van der Waals surface area contributed by atoms with Crippen LogP contribution in [0.1, 0.15) is 76.1 Å². The zero-order valence-corrected chi connectivity index (χ0v) is 19.2. The molecule has 1 saturated carbocycles. The smallest absolute Gasteiger partial charge is 0.152 e. The lowest BCUT2D eigenvalue weighted by Crippen LogP contribution is -2.14. The molecule has 1 N–H and O–H groups in total. The highest BCUT2D eigenvalue weighted by atomic mass is 16.5. The summed E-state index contributed by atoms with van der Waals surface area (Å²) in [4.78, 5) is 9.55. The average molecular weight is 421 g/mol. The molecule has 0 spiro atoms. The van der Waals surface area contributed by atoms with Gasteiger partial charge in [0.1, 0.15) is 17.0 Å². The van der Waals surface area contributed by atoms with Crippen LogP contribution in [0.4, 0.5) is 5.82 Å². The molecule has 5 nitrogen and oxygen atoms in total. The van der Waals surface area contributed by atoms with Gasteiger partial charge < -0.3 is 10.1 Å². The van der Waals surface area contributed by atoms with Crippen LogP contribution >= 0.6 is 0 Å². The minimum absolute atomic E-state index is 0.536. The van der Waals surface area contributed by atoms with Crippen molar-refractivity contribution in [1.29, 1.82) is 0 Å². The molecule has 1 aromatic carbocycles. The van der Waals surface area contributed by atoms with Gasteiger partial charge in [-0.3, -0.25) is 4.40 Å². The Bertz CT molecular complexity index is 969. The molecular weight excluding hydrogens is 384 g/mol. The van der Waals surface area contributed by atoms with Crippen molar-refractivity contribution in [2.75, 3.05) is 19.0 Å². The second-order valence-electron chi connectivity index (χ2n) is 8.82. The number of fused-ring (bicyclic) bond motifs is 1. The van der Waals surface area contributed by atoms with Crippen LogP contribution in [0.5, 0.6) is 0 Å². The molecule has 2 aromatic heterocycles. The van der Waals surface area contributed by atoms with Gasteiger partial charge >= 0.3 is 0 Å². The summed E-state index contributed by atoms with van der Waals surface area (Å²) in [6, 6.07) is 8.85. The van der Waals surface area contributed by atoms with Crippen LogP contribution in [0.2, 0.25) is 0 Å². The number of aryl methyl sites for hydroxylation is 1. The van der Waals surface area contributed by atoms with Gasteiger partial charge in [-0.1, -0.05) is 44.0 Å². The number of hydrogen-bond donors (Lipinski definition) is 1. The first-order valence-electron chi connectivity index (χ1n) is 12.0. The zero-order valence-electron chi connectivity index (χ0n) is 19.2. The third-order valence-electron chi connectivity index (χ3n) is 6.46. The summed E-state index contributed by atoms with van der Waals surface area (Å²) >= 11 is 0. The first-order valence-corrected chi connectivity index (χ1v) is 12.0. The fourth-order valence-electron chi connectivity index (χ4n) is 4.42. The fraction of sp³-hybridized carbons (Fsp3) is 0.538. The van der Waals surface area contributed by atoms with E-state index in [-0.39, 0.29) is 0 Å². The van der Waals surface area contributed by atoms with Crippen LogP contribution in [0.25, 0.3) is 16.8 Å². The van der Waals surface area contributed by atoms with Gasteiger partial charge in [-0.05, 0) is 51.0 Å². The van der Waals surface area contributed by atoms with Crippen molar-refractivity contribution in [1.82, 2.24) is 14.4 Å². The Morgan fingerprint density at radius 2 is 1.90 bits per heavy atom. The summed E-state index contributed by atoms with van der Waals surface area (Å²) in [5.41, 5.74) is 4.68. The molecule has 2 aliphatic rings. The molecule has 0 bridgehead atoms. The maximum absolute atomic E-state index is 5.28. The van der Waals surface area contributed by atoms with Crippen LogP contribution in [0.3, 0.4) is 0 Å². The number of rotatable bonds is 5. The predicted octanol–water partition coefficient (Wildman–Crippen LogP) is 6.23. The lowest BCUT2D eigenvalue weighted by molar-refractivity contribution is 0.0285. The molecule has 5 heteroatoms. The molecule has 1 unspecified atom stereocenters. The Morgan fingerprint density at radius 1 is 1.10 bits per heavy atom. The lowest BCUT2D eigenvalue weighted by atomic mass is 9.85. The van der Waals surface area contributed by atoms with Crippen molar-refractivity contribution >= 4 is 11.3 Å². The summed E-state index contributed by atoms with van der Waals surface area (Å²) in [6.07, 6.45) is 14.4. The van der Waals surface area contributed by atoms with Crippen molar-refractivity contribution in [3.05, 3.63) is 48.0 Å². The van der Waals surface area contributed by atoms with Crippen LogP contribution in [-0.2, 0) is 11.2 Å². The Labute approximate surface area is 186 Å². The summed E-state index contributed by atoms with van der Waals surface area (Å²) < 4.78 is 7.51. The predicted molar refractivity (Wildman–Crippen MR) is 128 cm³/mol. The van der Waals surface area contributed by atoms with E-state index in [2.05, 4.69) is 52.8 Å². The topological polar surface area (TPSA) is 51.5 Å². The third-order valence-corrected chi connectivity index (χ3v) is 6.46. The molecule has 1 atom stereocenters. The van der Waals surface area contributed by atoms with Crippen LogP contribution < -0.4 is 5.32 Å². The number of hydrogen-bond acceptors (Lipinski definition) is 4. The highest BCUT2D eigenvalue weighted by Crippen LogP contribution is 2.39. The number of nitrogens with one attached hydrogen (secondary N) is 1. The van der Waals surface area contributed by atoms with E-state index >= 15 is 0 Å². The van der Waals surface area contributed by atoms with Crippen LogP contribution in [-0.4, -0.2) is 34.1 Å². The van der Waals surface area contributed by atoms with Crippen molar-refractivity contribution in [3.8, 4) is 11.3 Å². The van der Waals surface area contributed by atoms with E-state index in [0.29, 0.717) is 12.0 Å². The van der Waals surface area contributed by atoms with Gasteiger partial charge in [0.2, 0.25) is 0 Å². The summed E-state index contributed by atoms with van der Waals surface area (Å²) in [6.45, 7) is 5.34. The number of ether oxygens (including phenoxy) is 1. The fourth-order valence-corrected chi connectivity index (χ4v) is 4.42. The number of benzene rings is 1. The van der Waals surface area contributed by atoms with Gasteiger partial charge in [-0.2, -0.15) is 0 Å². The Hall–Kier alpha value is -2.40. The van der Waals surface area contributed by atoms with Crippen molar-refractivity contribution in [3.63, 3.8) is 0 Å². The van der Waals surface area contributed by atoms with E-state index in [1.165, 1.54) is 61.9 Å². The van der Waals surface area contributed by atoms with Gasteiger partial charge in [0.05, 0.1) is 6.10 Å². The maximum Gasteiger partial charge on any atom is 0.152 e. The molecule has 0 amide bonds. The average Bonchev–Trinajstić information content (AvgIpc) is 3.14. The molecule has 2 fully saturated rings. The highest BCUT2D eigenvalue weighted by molar-refractivity contribution is 5.86. The summed E-state index contributed by atoms with van der Waals surface area (Å²) in [5.74, 6) is 2.66. The maximum atomic E-state index is 5.28. The monoisotopic (exact) mass is 420 g/mol. The molecule has 1 aliphatic carbocycles. The Kier molecular flexibility index (Phi) is 7.23. The van der Waals surface area contributed by atoms with Crippen molar-refractivity contribution < 1.29 is 4.74 Å². The summed E-state index contributed by atoms with van der Waals surface area (Å²) in [7, 11) is 1.92. The molecular formula is C26H36N4O. The second kappa shape index (κ2) is 10.3. The second-order valence-corrected chi connectivity index (χ2v) is 8.82. The minimum atomic E-state index is 0.536. The van der Waals surface area contributed by atoms with Gasteiger partial charge in [0.15, 0.2) is 5.82 Å². The highest BCUT2D eigenvalue weighted by Gasteiger charge is 2.27. The number of nitrogens with zero attached hydrogens (tertiary/aromatic N) is 3. The van der Waals surface area contributed by atoms with Gasteiger partial charge in [-0.15, -0.1) is 0 Å². The molecule has 31 heavy (non-hydrogen) atoms. The zero-order chi connectivity index (χ0) is 21.6. The van der Waals surface area contributed by atoms with E-state index in [1.54, 1.807) is 0 Å².